The second-order valence-corrected chi connectivity index (χ2v) is 6.01. The standard InChI is InChI=1S/3ClH.Mn.Rb.H/h3*1H;;;/q;;;+3;;/p-3. The third kappa shape index (κ3) is 19.0. The van der Waals surface area contributed by atoms with Gasteiger partial charge in [-0.15, -0.1) is 0 Å². The number of hydrogen-bond donors (Lipinski definition) is 0. The quantitative estimate of drug-likeness (QED) is 0.568. The SMILES string of the molecule is [Cl][Mn]([Cl])[Cl].[RbH]. The Morgan fingerprint density at radius 2 is 1.00 bits per heavy atom. The molecular weight excluding hydrogens is 247 g/mol. The monoisotopic (exact) mass is 246 g/mol. The number of hydrogen-bond acceptors (Lipinski definition) is 0. The zero-order valence-corrected chi connectivity index (χ0v) is 4.96. The number of halogens is 3. The zero-order valence-electron chi connectivity index (χ0n) is 1.51. The summed E-state index contributed by atoms with van der Waals surface area (Å²) in [5.41, 5.74) is 0. The van der Waals surface area contributed by atoms with Gasteiger partial charge in [0.1, 0.15) is 0 Å². The molecule has 0 amide bonds. The summed E-state index contributed by atoms with van der Waals surface area (Å²) >= 11 is -1.48. The average molecular weight is 248 g/mol. The fourth-order valence-electron chi connectivity index (χ4n) is 0. The Bertz CT molecular complexity index is 11.6. The van der Waals surface area contributed by atoms with Crippen LogP contribution < -0.4 is 0 Å². The minimum atomic E-state index is -1.48. The topological polar surface area (TPSA) is 0 Å². The summed E-state index contributed by atoms with van der Waals surface area (Å²) in [5.74, 6) is 0. The van der Waals surface area contributed by atoms with Crippen LogP contribution in [0, 0.1) is 0 Å². The van der Waals surface area contributed by atoms with Crippen LogP contribution >= 0.6 is 30.3 Å². The van der Waals surface area contributed by atoms with Crippen LogP contribution in [0.15, 0.2) is 0 Å². The van der Waals surface area contributed by atoms with Crippen molar-refractivity contribution in [3.8, 4) is 0 Å². The summed E-state index contributed by atoms with van der Waals surface area (Å²) in [4.78, 5) is 0. The molecule has 5 heteroatoms. The molecule has 0 unspecified atom stereocenters. The van der Waals surface area contributed by atoms with Gasteiger partial charge in [0.15, 0.2) is 0 Å². The summed E-state index contributed by atoms with van der Waals surface area (Å²) in [6.45, 7) is 0. The van der Waals surface area contributed by atoms with Crippen LogP contribution in [0.3, 0.4) is 0 Å². The van der Waals surface area contributed by atoms with Gasteiger partial charge >= 0.3 is 99.6 Å². The predicted molar refractivity (Wildman–Crippen MR) is 24.7 cm³/mol. The van der Waals surface area contributed by atoms with E-state index in [4.69, 9.17) is 30.3 Å². The van der Waals surface area contributed by atoms with E-state index in [0.717, 1.165) is 0 Å². The molecule has 0 aliphatic rings. The van der Waals surface area contributed by atoms with Gasteiger partial charge in [-0.1, -0.05) is 0 Å². The number of rotatable bonds is 0. The van der Waals surface area contributed by atoms with Gasteiger partial charge in [-0.05, 0) is 0 Å². The van der Waals surface area contributed by atoms with Crippen molar-refractivity contribution in [2.24, 2.45) is 0 Å². The maximum absolute atomic E-state index is 4.91. The van der Waals surface area contributed by atoms with Gasteiger partial charge in [-0.25, -0.2) is 0 Å². The van der Waals surface area contributed by atoms with Gasteiger partial charge in [0, 0.05) is 0 Å². The van der Waals surface area contributed by atoms with E-state index in [1.54, 1.807) is 0 Å². The van der Waals surface area contributed by atoms with Crippen LogP contribution in [-0.4, -0.2) is 58.2 Å². The Morgan fingerprint density at radius 3 is 1.00 bits per heavy atom. The summed E-state index contributed by atoms with van der Waals surface area (Å²) in [7, 11) is 14.7. The van der Waals surface area contributed by atoms with Gasteiger partial charge < -0.3 is 0 Å². The van der Waals surface area contributed by atoms with E-state index in [9.17, 15) is 0 Å². The van der Waals surface area contributed by atoms with Crippen molar-refractivity contribution >= 4 is 88.5 Å². The third-order valence-corrected chi connectivity index (χ3v) is 0. The predicted octanol–water partition coefficient (Wildman–Crippen LogP) is 1.42. The van der Waals surface area contributed by atoms with Crippen LogP contribution in [0.2, 0.25) is 0 Å². The first-order chi connectivity index (χ1) is 1.73. The Balaban J connectivity index is 0. The normalized spacial score (nSPS) is 9.00. The molecule has 0 rings (SSSR count). The van der Waals surface area contributed by atoms with Crippen molar-refractivity contribution in [3.05, 3.63) is 0 Å². The Morgan fingerprint density at radius 1 is 1.00 bits per heavy atom. The van der Waals surface area contributed by atoms with E-state index >= 15 is 0 Å². The minimum absolute atomic E-state index is 0. The van der Waals surface area contributed by atoms with Crippen LogP contribution in [-0.2, 0) is 11.2 Å². The summed E-state index contributed by atoms with van der Waals surface area (Å²) in [5, 5.41) is 0. The fraction of sp³-hybridized carbons (Fsp3) is 0. The van der Waals surface area contributed by atoms with Crippen LogP contribution in [0.25, 0.3) is 0 Å². The molecule has 0 aliphatic heterocycles. The summed E-state index contributed by atoms with van der Waals surface area (Å²) in [6.07, 6.45) is 0. The van der Waals surface area contributed by atoms with Crippen molar-refractivity contribution in [3.63, 3.8) is 0 Å². The molecule has 0 aromatic carbocycles. The molecule has 0 N–H and O–H groups in total. The fourth-order valence-corrected chi connectivity index (χ4v) is 0. The van der Waals surface area contributed by atoms with Gasteiger partial charge in [0.2, 0.25) is 0 Å². The van der Waals surface area contributed by atoms with E-state index in [-0.39, 0.29) is 58.2 Å². The molecule has 0 bridgehead atoms. The van der Waals surface area contributed by atoms with Gasteiger partial charge in [0.05, 0.1) is 0 Å². The molecule has 0 fully saturated rings. The van der Waals surface area contributed by atoms with Crippen molar-refractivity contribution in [2.75, 3.05) is 0 Å². The molecule has 0 spiro atoms. The first-order valence-electron chi connectivity index (χ1n) is 0.429. The van der Waals surface area contributed by atoms with Crippen molar-refractivity contribution < 1.29 is 11.2 Å². The molecule has 0 atom stereocenters. The zero-order chi connectivity index (χ0) is 3.58. The maximum atomic E-state index is 4.91. The Labute approximate surface area is 96.9 Å². The third-order valence-electron chi connectivity index (χ3n) is 0. The van der Waals surface area contributed by atoms with Crippen molar-refractivity contribution in [2.45, 2.75) is 0 Å². The second kappa shape index (κ2) is 7.19. The molecule has 0 radical (unpaired) electrons. The van der Waals surface area contributed by atoms with E-state index in [0.29, 0.717) is 0 Å². The first kappa shape index (κ1) is 11.1. The van der Waals surface area contributed by atoms with Gasteiger partial charge in [-0.2, -0.15) is 0 Å². The van der Waals surface area contributed by atoms with Gasteiger partial charge in [-0.3, -0.25) is 0 Å². The molecule has 0 nitrogen and oxygen atoms in total. The van der Waals surface area contributed by atoms with E-state index in [1.807, 2.05) is 0 Å². The summed E-state index contributed by atoms with van der Waals surface area (Å²) in [6, 6.07) is 0. The Hall–Kier alpha value is 3.19. The molecule has 0 heterocycles. The molecular formula is HCl3MnRb. The molecule has 0 aromatic rings. The van der Waals surface area contributed by atoms with Crippen LogP contribution in [0.5, 0.6) is 0 Å². The van der Waals surface area contributed by atoms with E-state index in [2.05, 4.69) is 0 Å². The molecule has 0 saturated heterocycles. The average Bonchev–Trinajstić information content (AvgIpc) is 0.811. The summed E-state index contributed by atoms with van der Waals surface area (Å²) < 4.78 is 0. The van der Waals surface area contributed by atoms with Crippen LogP contribution in [0.4, 0.5) is 0 Å². The van der Waals surface area contributed by atoms with E-state index < -0.39 is 11.2 Å². The van der Waals surface area contributed by atoms with Gasteiger partial charge in [0.25, 0.3) is 0 Å². The molecule has 0 aromatic heterocycles. The van der Waals surface area contributed by atoms with Crippen molar-refractivity contribution in [1.82, 2.24) is 0 Å². The van der Waals surface area contributed by atoms with E-state index in [1.165, 1.54) is 0 Å². The van der Waals surface area contributed by atoms with Crippen LogP contribution in [0.1, 0.15) is 0 Å². The molecule has 0 saturated carbocycles. The Kier molecular flexibility index (Phi) is 15.9. The molecule has 5 heavy (non-hydrogen) atoms. The molecule has 0 aliphatic carbocycles. The van der Waals surface area contributed by atoms with Crippen molar-refractivity contribution in [1.29, 1.82) is 0 Å². The first-order valence-corrected chi connectivity index (χ1v) is 5.30. The second-order valence-electron chi connectivity index (χ2n) is 0.162. The molecule has 30 valence electrons.